The van der Waals surface area contributed by atoms with Gasteiger partial charge in [-0.05, 0) is 0 Å². The zero-order chi connectivity index (χ0) is 9.14. The van der Waals surface area contributed by atoms with E-state index in [9.17, 15) is 9.90 Å². The Kier molecular flexibility index (Phi) is 2.83. The Morgan fingerprint density at radius 1 is 1.92 bits per heavy atom. The van der Waals surface area contributed by atoms with E-state index in [-0.39, 0.29) is 11.7 Å². The van der Waals surface area contributed by atoms with Gasteiger partial charge in [-0.3, -0.25) is 0 Å². The highest BCUT2D eigenvalue weighted by Crippen LogP contribution is 2.19. The third kappa shape index (κ3) is 2.32. The zero-order valence-corrected chi connectivity index (χ0v) is 6.95. The lowest BCUT2D eigenvalue weighted by molar-refractivity contribution is -0.137. The summed E-state index contributed by atoms with van der Waals surface area (Å²) in [5.74, 6) is -0.567. The molecule has 1 heterocycles. The maximum absolute atomic E-state index is 10.8. The molecule has 0 aromatic carbocycles. The normalized spacial score (nSPS) is 23.0. The number of epoxide rings is 1. The molecule has 1 fully saturated rings. The van der Waals surface area contributed by atoms with Gasteiger partial charge in [-0.2, -0.15) is 0 Å². The standard InChI is InChI=1S/C8H12O4/c1-5(8(10)11-2)7(9)3-6-4-12-6/h6-7,9H,1,3-4H2,2H3. The summed E-state index contributed by atoms with van der Waals surface area (Å²) < 4.78 is 9.29. The summed E-state index contributed by atoms with van der Waals surface area (Å²) in [4.78, 5) is 10.8. The topological polar surface area (TPSA) is 59.1 Å². The van der Waals surface area contributed by atoms with Crippen molar-refractivity contribution in [3.8, 4) is 0 Å². The second kappa shape index (κ2) is 3.69. The molecule has 1 aliphatic rings. The van der Waals surface area contributed by atoms with Gasteiger partial charge in [0.15, 0.2) is 0 Å². The second-order valence-corrected chi connectivity index (χ2v) is 2.72. The van der Waals surface area contributed by atoms with Crippen LogP contribution in [0.4, 0.5) is 0 Å². The molecule has 0 aromatic heterocycles. The number of ether oxygens (including phenoxy) is 2. The Hall–Kier alpha value is -0.870. The summed E-state index contributed by atoms with van der Waals surface area (Å²) >= 11 is 0. The Bertz CT molecular complexity index is 195. The number of aliphatic hydroxyl groups is 1. The Labute approximate surface area is 70.8 Å². The Morgan fingerprint density at radius 3 is 2.92 bits per heavy atom. The Balaban J connectivity index is 2.33. The van der Waals surface area contributed by atoms with Crippen molar-refractivity contribution < 1.29 is 19.4 Å². The van der Waals surface area contributed by atoms with E-state index in [0.717, 1.165) is 0 Å². The third-order valence-electron chi connectivity index (χ3n) is 1.74. The first-order valence-electron chi connectivity index (χ1n) is 3.72. The van der Waals surface area contributed by atoms with Crippen molar-refractivity contribution in [1.29, 1.82) is 0 Å². The van der Waals surface area contributed by atoms with Crippen LogP contribution >= 0.6 is 0 Å². The lowest BCUT2D eigenvalue weighted by atomic mass is 10.1. The van der Waals surface area contributed by atoms with Crippen LogP contribution in [0.5, 0.6) is 0 Å². The highest BCUT2D eigenvalue weighted by Gasteiger charge is 2.28. The van der Waals surface area contributed by atoms with Crippen LogP contribution in [-0.4, -0.2) is 37.0 Å². The van der Waals surface area contributed by atoms with Crippen LogP contribution in [0.15, 0.2) is 12.2 Å². The number of esters is 1. The van der Waals surface area contributed by atoms with E-state index in [2.05, 4.69) is 11.3 Å². The molecule has 0 aliphatic carbocycles. The van der Waals surface area contributed by atoms with Gasteiger partial charge in [0.2, 0.25) is 0 Å². The third-order valence-corrected chi connectivity index (χ3v) is 1.74. The first kappa shape index (κ1) is 9.22. The van der Waals surface area contributed by atoms with E-state index < -0.39 is 12.1 Å². The van der Waals surface area contributed by atoms with E-state index in [4.69, 9.17) is 4.74 Å². The van der Waals surface area contributed by atoms with E-state index in [0.29, 0.717) is 13.0 Å². The molecule has 68 valence electrons. The maximum Gasteiger partial charge on any atom is 0.335 e. The van der Waals surface area contributed by atoms with Gasteiger partial charge in [-0.1, -0.05) is 6.58 Å². The first-order valence-corrected chi connectivity index (χ1v) is 3.72. The maximum atomic E-state index is 10.8. The minimum Gasteiger partial charge on any atom is -0.466 e. The van der Waals surface area contributed by atoms with E-state index in [1.165, 1.54) is 7.11 Å². The fraction of sp³-hybridized carbons (Fsp3) is 0.625. The second-order valence-electron chi connectivity index (χ2n) is 2.72. The average Bonchev–Trinajstić information content (AvgIpc) is 2.85. The van der Waals surface area contributed by atoms with Gasteiger partial charge in [0.1, 0.15) is 0 Å². The molecular formula is C8H12O4. The van der Waals surface area contributed by atoms with Crippen molar-refractivity contribution in [1.82, 2.24) is 0 Å². The van der Waals surface area contributed by atoms with E-state index in [1.54, 1.807) is 0 Å². The average molecular weight is 172 g/mol. The van der Waals surface area contributed by atoms with Gasteiger partial charge in [0.25, 0.3) is 0 Å². The minimum atomic E-state index is -0.843. The summed E-state index contributed by atoms with van der Waals surface area (Å²) in [5, 5.41) is 9.35. The van der Waals surface area contributed by atoms with Crippen LogP contribution in [0.2, 0.25) is 0 Å². The van der Waals surface area contributed by atoms with Crippen molar-refractivity contribution in [3.05, 3.63) is 12.2 Å². The van der Waals surface area contributed by atoms with Gasteiger partial charge < -0.3 is 14.6 Å². The highest BCUT2D eigenvalue weighted by molar-refractivity contribution is 5.88. The van der Waals surface area contributed by atoms with Crippen LogP contribution in [0.1, 0.15) is 6.42 Å². The monoisotopic (exact) mass is 172 g/mol. The summed E-state index contributed by atoms with van der Waals surface area (Å²) in [6.45, 7) is 4.08. The van der Waals surface area contributed by atoms with Crippen molar-refractivity contribution in [2.24, 2.45) is 0 Å². The van der Waals surface area contributed by atoms with Crippen molar-refractivity contribution in [3.63, 3.8) is 0 Å². The molecule has 0 spiro atoms. The SMILES string of the molecule is C=C(C(=O)OC)C(O)CC1CO1. The van der Waals surface area contributed by atoms with Crippen LogP contribution < -0.4 is 0 Å². The minimum absolute atomic E-state index is 0.0846. The molecule has 4 nitrogen and oxygen atoms in total. The molecule has 2 atom stereocenters. The Morgan fingerprint density at radius 2 is 2.50 bits per heavy atom. The molecule has 1 saturated heterocycles. The molecule has 0 radical (unpaired) electrons. The molecule has 1 rings (SSSR count). The van der Waals surface area contributed by atoms with Crippen LogP contribution in [0.25, 0.3) is 0 Å². The number of hydrogen-bond acceptors (Lipinski definition) is 4. The number of aliphatic hydroxyl groups excluding tert-OH is 1. The molecular weight excluding hydrogens is 160 g/mol. The molecule has 0 aromatic rings. The van der Waals surface area contributed by atoms with Crippen molar-refractivity contribution >= 4 is 5.97 Å². The largest absolute Gasteiger partial charge is 0.466 e. The molecule has 4 heteroatoms. The van der Waals surface area contributed by atoms with Gasteiger partial charge in [-0.25, -0.2) is 4.79 Å². The van der Waals surface area contributed by atoms with Gasteiger partial charge >= 0.3 is 5.97 Å². The first-order chi connectivity index (χ1) is 5.65. The summed E-state index contributed by atoms with van der Waals surface area (Å²) in [6, 6.07) is 0. The predicted molar refractivity (Wildman–Crippen MR) is 41.5 cm³/mol. The number of carbonyl (C=O) groups excluding carboxylic acids is 1. The molecule has 2 unspecified atom stereocenters. The summed E-state index contributed by atoms with van der Waals surface area (Å²) in [6.07, 6.45) is -0.333. The molecule has 0 bridgehead atoms. The molecule has 1 aliphatic heterocycles. The van der Waals surface area contributed by atoms with Crippen molar-refractivity contribution in [2.45, 2.75) is 18.6 Å². The van der Waals surface area contributed by atoms with E-state index in [1.807, 2.05) is 0 Å². The van der Waals surface area contributed by atoms with Gasteiger partial charge in [0.05, 0.1) is 31.5 Å². The van der Waals surface area contributed by atoms with Crippen LogP contribution in [0, 0.1) is 0 Å². The molecule has 0 amide bonds. The lowest BCUT2D eigenvalue weighted by Gasteiger charge is -2.09. The smallest absolute Gasteiger partial charge is 0.335 e. The zero-order valence-electron chi connectivity index (χ0n) is 6.95. The van der Waals surface area contributed by atoms with E-state index >= 15 is 0 Å². The fourth-order valence-electron chi connectivity index (χ4n) is 0.863. The highest BCUT2D eigenvalue weighted by atomic mass is 16.6. The number of rotatable bonds is 4. The molecule has 12 heavy (non-hydrogen) atoms. The quantitative estimate of drug-likeness (QED) is 0.364. The number of hydrogen-bond donors (Lipinski definition) is 1. The lowest BCUT2D eigenvalue weighted by Crippen LogP contribution is -2.19. The predicted octanol–water partition coefficient (Wildman–Crippen LogP) is -0.135. The van der Waals surface area contributed by atoms with Crippen molar-refractivity contribution in [2.75, 3.05) is 13.7 Å². The molecule has 0 saturated carbocycles. The molecule has 1 N–H and O–H groups in total. The van der Waals surface area contributed by atoms with Gasteiger partial charge in [0, 0.05) is 6.42 Å². The van der Waals surface area contributed by atoms with Crippen LogP contribution in [-0.2, 0) is 14.3 Å². The number of methoxy groups -OCH3 is 1. The fourth-order valence-corrected chi connectivity index (χ4v) is 0.863. The summed E-state index contributed by atoms with van der Waals surface area (Å²) in [7, 11) is 1.26. The number of carbonyl (C=O) groups is 1. The van der Waals surface area contributed by atoms with Crippen LogP contribution in [0.3, 0.4) is 0 Å². The summed E-state index contributed by atoms with van der Waals surface area (Å²) in [5.41, 5.74) is 0.0907. The van der Waals surface area contributed by atoms with Gasteiger partial charge in [-0.15, -0.1) is 0 Å².